The van der Waals surface area contributed by atoms with Crippen molar-refractivity contribution in [1.82, 2.24) is 5.09 Å². The molecule has 1 aliphatic rings. The first-order valence-corrected chi connectivity index (χ1v) is 3.97. The zero-order valence-corrected chi connectivity index (χ0v) is 7.12. The number of carbonyl (C=O) groups is 1. The Labute approximate surface area is 62.8 Å². The molecule has 1 heterocycles. The third-order valence-corrected chi connectivity index (χ3v) is 2.26. The van der Waals surface area contributed by atoms with E-state index in [9.17, 15) is 4.79 Å². The van der Waals surface area contributed by atoms with Crippen molar-refractivity contribution in [3.05, 3.63) is 0 Å². The summed E-state index contributed by atoms with van der Waals surface area (Å²) >= 11 is 0. The van der Waals surface area contributed by atoms with Gasteiger partial charge in [0.1, 0.15) is 6.10 Å². The topological polar surface area (TPSA) is 38.3 Å². The van der Waals surface area contributed by atoms with E-state index in [1.807, 2.05) is 6.92 Å². The molecule has 4 heteroatoms. The van der Waals surface area contributed by atoms with E-state index in [1.54, 1.807) is 0 Å². The van der Waals surface area contributed by atoms with Gasteiger partial charge in [-0.15, -0.1) is 0 Å². The molecule has 0 aromatic heterocycles. The highest BCUT2D eigenvalue weighted by atomic mass is 31.0. The van der Waals surface area contributed by atoms with Crippen LogP contribution in [-0.2, 0) is 9.53 Å². The van der Waals surface area contributed by atoms with E-state index in [1.165, 1.54) is 0 Å². The Kier molecular flexibility index (Phi) is 2.64. The molecule has 1 aliphatic heterocycles. The second-order valence-electron chi connectivity index (χ2n) is 2.52. The third-order valence-electron chi connectivity index (χ3n) is 1.74. The van der Waals surface area contributed by atoms with Crippen LogP contribution in [0.25, 0.3) is 0 Å². The van der Waals surface area contributed by atoms with Crippen molar-refractivity contribution in [2.24, 2.45) is 0 Å². The first-order valence-electron chi connectivity index (χ1n) is 3.39. The number of cyclic esters (lactones) is 1. The lowest BCUT2D eigenvalue weighted by atomic mass is 10.1. The predicted octanol–water partition coefficient (Wildman–Crippen LogP) is 0.460. The van der Waals surface area contributed by atoms with E-state index < -0.39 is 0 Å². The van der Waals surface area contributed by atoms with E-state index >= 15 is 0 Å². The zero-order chi connectivity index (χ0) is 7.56. The summed E-state index contributed by atoms with van der Waals surface area (Å²) in [4.78, 5) is 10.6. The highest BCUT2D eigenvalue weighted by Crippen LogP contribution is 2.16. The van der Waals surface area contributed by atoms with Crippen molar-refractivity contribution in [3.8, 4) is 0 Å². The number of hydrogen-bond donors (Lipinski definition) is 1. The Hall–Kier alpha value is -0.140. The van der Waals surface area contributed by atoms with Gasteiger partial charge in [-0.25, -0.2) is 0 Å². The van der Waals surface area contributed by atoms with Crippen LogP contribution in [0.4, 0.5) is 0 Å². The van der Waals surface area contributed by atoms with Crippen LogP contribution in [0.5, 0.6) is 0 Å². The van der Waals surface area contributed by atoms with Crippen molar-refractivity contribution in [2.45, 2.75) is 31.9 Å². The number of carbonyl (C=O) groups excluding carboxylic acids is 1. The van der Waals surface area contributed by atoms with Gasteiger partial charge in [-0.2, -0.15) is 0 Å². The quantitative estimate of drug-likeness (QED) is 0.472. The van der Waals surface area contributed by atoms with Crippen LogP contribution in [0, 0.1) is 0 Å². The fraction of sp³-hybridized carbons (Fsp3) is 0.833. The molecule has 0 bridgehead atoms. The molecule has 1 unspecified atom stereocenters. The Morgan fingerprint density at radius 1 is 1.90 bits per heavy atom. The Bertz CT molecular complexity index is 140. The second-order valence-corrected chi connectivity index (χ2v) is 2.86. The fourth-order valence-corrected chi connectivity index (χ4v) is 1.22. The summed E-state index contributed by atoms with van der Waals surface area (Å²) in [7, 11) is 2.42. The zero-order valence-electron chi connectivity index (χ0n) is 5.96. The molecule has 0 aromatic carbocycles. The lowest BCUT2D eigenvalue weighted by molar-refractivity contribution is -0.142. The molecule has 10 heavy (non-hydrogen) atoms. The molecule has 1 saturated heterocycles. The molecule has 1 fully saturated rings. The number of ether oxygens (including phenoxy) is 1. The summed E-state index contributed by atoms with van der Waals surface area (Å²) in [6, 6.07) is 0.247. The van der Waals surface area contributed by atoms with Gasteiger partial charge >= 0.3 is 5.97 Å². The van der Waals surface area contributed by atoms with Crippen LogP contribution in [0.15, 0.2) is 0 Å². The van der Waals surface area contributed by atoms with Crippen LogP contribution >= 0.6 is 9.39 Å². The molecular weight excluding hydrogens is 149 g/mol. The van der Waals surface area contributed by atoms with Gasteiger partial charge in [-0.1, -0.05) is 9.39 Å². The molecule has 1 N–H and O–H groups in total. The fourth-order valence-electron chi connectivity index (χ4n) is 1.01. The van der Waals surface area contributed by atoms with Crippen LogP contribution in [0.2, 0.25) is 0 Å². The van der Waals surface area contributed by atoms with Crippen LogP contribution in [0.3, 0.4) is 0 Å². The summed E-state index contributed by atoms with van der Waals surface area (Å²) < 4.78 is 5.00. The van der Waals surface area contributed by atoms with Gasteiger partial charge < -0.3 is 4.74 Å². The van der Waals surface area contributed by atoms with E-state index in [-0.39, 0.29) is 18.1 Å². The standard InChI is InChI=1S/C6H12NO2P/c1-4(7-10)5-2-3-6(8)9-5/h4-5,7H,2-3,10H2,1H3/t4-,5-/m0/s1. The summed E-state index contributed by atoms with van der Waals surface area (Å²) in [6.07, 6.45) is 1.49. The SMILES string of the molecule is C[C@H](NP)[C@@H]1CCC(=O)O1. The highest BCUT2D eigenvalue weighted by Gasteiger charge is 2.27. The summed E-state index contributed by atoms with van der Waals surface area (Å²) in [6.45, 7) is 2.00. The molecular formula is C6H12NO2P. The first kappa shape index (κ1) is 7.96. The van der Waals surface area contributed by atoms with Crippen molar-refractivity contribution < 1.29 is 9.53 Å². The molecule has 1 rings (SSSR count). The Balaban J connectivity index is 2.36. The van der Waals surface area contributed by atoms with Crippen LogP contribution in [0.1, 0.15) is 19.8 Å². The smallest absolute Gasteiger partial charge is 0.306 e. The summed E-state index contributed by atoms with van der Waals surface area (Å²) in [5, 5.41) is 2.97. The average molecular weight is 161 g/mol. The van der Waals surface area contributed by atoms with Gasteiger partial charge in [0.2, 0.25) is 0 Å². The molecule has 0 aromatic rings. The predicted molar refractivity (Wildman–Crippen MR) is 41.4 cm³/mol. The lowest BCUT2D eigenvalue weighted by Crippen LogP contribution is -2.31. The number of hydrogen-bond acceptors (Lipinski definition) is 3. The van der Waals surface area contributed by atoms with E-state index in [0.29, 0.717) is 6.42 Å². The molecule has 0 spiro atoms. The van der Waals surface area contributed by atoms with Gasteiger partial charge in [-0.3, -0.25) is 9.88 Å². The second kappa shape index (κ2) is 3.31. The first-order chi connectivity index (χ1) is 4.74. The Morgan fingerprint density at radius 3 is 3.00 bits per heavy atom. The maximum atomic E-state index is 10.6. The van der Waals surface area contributed by atoms with Crippen LogP contribution < -0.4 is 5.09 Å². The maximum absolute atomic E-state index is 10.6. The molecule has 3 nitrogen and oxygen atoms in total. The molecule has 0 aliphatic carbocycles. The molecule has 0 saturated carbocycles. The summed E-state index contributed by atoms with van der Waals surface area (Å²) in [5.74, 6) is -0.0721. The molecule has 0 amide bonds. The minimum atomic E-state index is -0.0721. The van der Waals surface area contributed by atoms with Crippen molar-refractivity contribution in [1.29, 1.82) is 0 Å². The minimum absolute atomic E-state index is 0.0721. The molecule has 3 atom stereocenters. The van der Waals surface area contributed by atoms with Gasteiger partial charge in [0, 0.05) is 12.5 Å². The molecule has 0 radical (unpaired) electrons. The van der Waals surface area contributed by atoms with Gasteiger partial charge in [-0.05, 0) is 13.3 Å². The number of esters is 1. The lowest BCUT2D eigenvalue weighted by Gasteiger charge is -2.16. The Morgan fingerprint density at radius 2 is 2.60 bits per heavy atom. The van der Waals surface area contributed by atoms with E-state index in [0.717, 1.165) is 6.42 Å². The normalized spacial score (nSPS) is 28.2. The van der Waals surface area contributed by atoms with Crippen molar-refractivity contribution >= 4 is 15.4 Å². The minimum Gasteiger partial charge on any atom is -0.461 e. The molecule has 58 valence electrons. The highest BCUT2D eigenvalue weighted by molar-refractivity contribution is 7.13. The maximum Gasteiger partial charge on any atom is 0.306 e. The van der Waals surface area contributed by atoms with Crippen molar-refractivity contribution in [3.63, 3.8) is 0 Å². The van der Waals surface area contributed by atoms with E-state index in [2.05, 4.69) is 14.5 Å². The average Bonchev–Trinajstić information content (AvgIpc) is 2.34. The van der Waals surface area contributed by atoms with E-state index in [4.69, 9.17) is 4.74 Å². The van der Waals surface area contributed by atoms with Gasteiger partial charge in [0.15, 0.2) is 0 Å². The van der Waals surface area contributed by atoms with Gasteiger partial charge in [0.05, 0.1) is 0 Å². The largest absolute Gasteiger partial charge is 0.461 e. The van der Waals surface area contributed by atoms with Crippen molar-refractivity contribution in [2.75, 3.05) is 0 Å². The third kappa shape index (κ3) is 1.68. The van der Waals surface area contributed by atoms with Crippen LogP contribution in [-0.4, -0.2) is 18.1 Å². The van der Waals surface area contributed by atoms with Gasteiger partial charge in [0.25, 0.3) is 0 Å². The number of rotatable bonds is 2. The monoisotopic (exact) mass is 161 g/mol. The number of nitrogens with one attached hydrogen (secondary N) is 1. The summed E-state index contributed by atoms with van der Waals surface area (Å²) in [5.41, 5.74) is 0.